The van der Waals surface area contributed by atoms with Gasteiger partial charge in [0.05, 0.1) is 0 Å². The number of nitrogens with zero attached hydrogens (tertiary/aromatic N) is 1. The molecule has 0 amide bonds. The maximum Gasteiger partial charge on any atom is 0.323 e. The second kappa shape index (κ2) is 8.74. The van der Waals surface area contributed by atoms with Gasteiger partial charge in [-0.25, -0.2) is 0 Å². The summed E-state index contributed by atoms with van der Waals surface area (Å²) in [5, 5.41) is 12.6. The first-order valence-corrected chi connectivity index (χ1v) is 8.61. The third kappa shape index (κ3) is 5.95. The SMILES string of the molecule is CCNC(C)(CCN(CCC(C)C)C1CCCC1)C(=O)O. The molecule has 124 valence electrons. The minimum Gasteiger partial charge on any atom is -0.480 e. The molecule has 1 unspecified atom stereocenters. The molecule has 0 aromatic heterocycles. The number of aliphatic carboxylic acids is 1. The second-order valence-electron chi connectivity index (χ2n) is 7.07. The Morgan fingerprint density at radius 1 is 1.33 bits per heavy atom. The van der Waals surface area contributed by atoms with Crippen molar-refractivity contribution in [3.63, 3.8) is 0 Å². The third-order valence-corrected chi connectivity index (χ3v) is 4.77. The van der Waals surface area contributed by atoms with Crippen LogP contribution in [0.3, 0.4) is 0 Å². The van der Waals surface area contributed by atoms with Crippen molar-refractivity contribution in [1.82, 2.24) is 10.2 Å². The number of likely N-dealkylation sites (N-methyl/N-ethyl adjacent to an activating group) is 1. The van der Waals surface area contributed by atoms with Crippen molar-refractivity contribution in [3.8, 4) is 0 Å². The van der Waals surface area contributed by atoms with Crippen molar-refractivity contribution in [2.75, 3.05) is 19.6 Å². The van der Waals surface area contributed by atoms with Gasteiger partial charge in [-0.15, -0.1) is 0 Å². The third-order valence-electron chi connectivity index (χ3n) is 4.77. The van der Waals surface area contributed by atoms with Gasteiger partial charge in [-0.3, -0.25) is 4.79 Å². The summed E-state index contributed by atoms with van der Waals surface area (Å²) in [6, 6.07) is 0.670. The Hall–Kier alpha value is -0.610. The first-order valence-electron chi connectivity index (χ1n) is 8.61. The summed E-state index contributed by atoms with van der Waals surface area (Å²) < 4.78 is 0. The lowest BCUT2D eigenvalue weighted by Crippen LogP contribution is -2.52. The highest BCUT2D eigenvalue weighted by Gasteiger charge is 2.33. The molecule has 1 atom stereocenters. The topological polar surface area (TPSA) is 52.6 Å². The maximum atomic E-state index is 11.5. The van der Waals surface area contributed by atoms with Gasteiger partial charge in [0.25, 0.3) is 0 Å². The van der Waals surface area contributed by atoms with Gasteiger partial charge in [-0.1, -0.05) is 33.6 Å². The molecular formula is C17H34N2O2. The Kier molecular flexibility index (Phi) is 7.67. The molecule has 4 nitrogen and oxygen atoms in total. The van der Waals surface area contributed by atoms with Crippen LogP contribution in [0.25, 0.3) is 0 Å². The van der Waals surface area contributed by atoms with Crippen LogP contribution in [0.2, 0.25) is 0 Å². The largest absolute Gasteiger partial charge is 0.480 e. The Morgan fingerprint density at radius 2 is 1.95 bits per heavy atom. The van der Waals surface area contributed by atoms with Gasteiger partial charge < -0.3 is 15.3 Å². The van der Waals surface area contributed by atoms with Crippen molar-refractivity contribution < 1.29 is 9.90 Å². The molecule has 0 spiro atoms. The highest BCUT2D eigenvalue weighted by molar-refractivity contribution is 5.78. The van der Waals surface area contributed by atoms with E-state index in [1.54, 1.807) is 0 Å². The zero-order valence-corrected chi connectivity index (χ0v) is 14.3. The first kappa shape index (κ1) is 18.4. The van der Waals surface area contributed by atoms with E-state index in [4.69, 9.17) is 0 Å². The van der Waals surface area contributed by atoms with Crippen LogP contribution >= 0.6 is 0 Å². The van der Waals surface area contributed by atoms with E-state index >= 15 is 0 Å². The fourth-order valence-electron chi connectivity index (χ4n) is 3.20. The van der Waals surface area contributed by atoms with Crippen LogP contribution in [0.15, 0.2) is 0 Å². The Labute approximate surface area is 130 Å². The standard InChI is InChI=1S/C17H34N2O2/c1-5-18-17(4,16(20)21)11-13-19(12-10-14(2)3)15-8-6-7-9-15/h14-15,18H,5-13H2,1-4H3,(H,20,21). The summed E-state index contributed by atoms with van der Waals surface area (Å²) in [4.78, 5) is 14.1. The Balaban J connectivity index is 2.59. The Morgan fingerprint density at radius 3 is 2.43 bits per heavy atom. The molecule has 1 saturated carbocycles. The monoisotopic (exact) mass is 298 g/mol. The molecule has 0 heterocycles. The normalized spacial score (nSPS) is 19.3. The number of carboxylic acids is 1. The van der Waals surface area contributed by atoms with Crippen LogP contribution in [0.1, 0.15) is 66.2 Å². The molecule has 2 N–H and O–H groups in total. The fraction of sp³-hybridized carbons (Fsp3) is 0.941. The van der Waals surface area contributed by atoms with Crippen molar-refractivity contribution >= 4 is 5.97 Å². The summed E-state index contributed by atoms with van der Waals surface area (Å²) in [5.74, 6) is -0.0342. The van der Waals surface area contributed by atoms with Gasteiger partial charge in [0.15, 0.2) is 0 Å². The van der Waals surface area contributed by atoms with E-state index in [0.29, 0.717) is 24.9 Å². The van der Waals surface area contributed by atoms with E-state index in [2.05, 4.69) is 24.1 Å². The van der Waals surface area contributed by atoms with Gasteiger partial charge in [-0.2, -0.15) is 0 Å². The predicted octanol–water partition coefficient (Wildman–Crippen LogP) is 3.12. The van der Waals surface area contributed by atoms with E-state index in [1.807, 2.05) is 13.8 Å². The molecule has 0 saturated heterocycles. The molecule has 21 heavy (non-hydrogen) atoms. The smallest absolute Gasteiger partial charge is 0.323 e. The van der Waals surface area contributed by atoms with Gasteiger partial charge >= 0.3 is 5.97 Å². The average Bonchev–Trinajstić information content (AvgIpc) is 2.92. The van der Waals surface area contributed by atoms with E-state index < -0.39 is 11.5 Å². The number of nitrogens with one attached hydrogen (secondary N) is 1. The Bertz CT molecular complexity index is 314. The molecule has 1 aliphatic rings. The number of hydrogen-bond donors (Lipinski definition) is 2. The van der Waals surface area contributed by atoms with Crippen LogP contribution in [-0.4, -0.2) is 47.2 Å². The lowest BCUT2D eigenvalue weighted by atomic mass is 9.96. The highest BCUT2D eigenvalue weighted by Crippen LogP contribution is 2.25. The minimum atomic E-state index is -0.802. The molecule has 0 radical (unpaired) electrons. The summed E-state index contributed by atoms with van der Waals surface area (Å²) in [6.45, 7) is 11.0. The molecule has 0 aromatic carbocycles. The lowest BCUT2D eigenvalue weighted by molar-refractivity contribution is -0.144. The van der Waals surface area contributed by atoms with Gasteiger partial charge in [-0.05, 0) is 51.6 Å². The van der Waals surface area contributed by atoms with Crippen molar-refractivity contribution in [3.05, 3.63) is 0 Å². The summed E-state index contributed by atoms with van der Waals surface area (Å²) >= 11 is 0. The summed E-state index contributed by atoms with van der Waals surface area (Å²) in [5.41, 5.74) is -0.802. The van der Waals surface area contributed by atoms with Gasteiger partial charge in [0, 0.05) is 12.6 Å². The highest BCUT2D eigenvalue weighted by atomic mass is 16.4. The molecule has 0 aromatic rings. The molecule has 4 heteroatoms. The van der Waals surface area contributed by atoms with Crippen molar-refractivity contribution in [1.29, 1.82) is 0 Å². The van der Waals surface area contributed by atoms with Crippen molar-refractivity contribution in [2.45, 2.75) is 77.8 Å². The van der Waals surface area contributed by atoms with Crippen LogP contribution in [0.5, 0.6) is 0 Å². The zero-order valence-electron chi connectivity index (χ0n) is 14.3. The molecule has 1 fully saturated rings. The number of hydrogen-bond acceptors (Lipinski definition) is 3. The molecule has 1 aliphatic carbocycles. The van der Waals surface area contributed by atoms with E-state index in [-0.39, 0.29) is 0 Å². The molecular weight excluding hydrogens is 264 g/mol. The maximum absolute atomic E-state index is 11.5. The van der Waals surface area contributed by atoms with Crippen LogP contribution in [-0.2, 0) is 4.79 Å². The lowest BCUT2D eigenvalue weighted by Gasteiger charge is -2.33. The molecule has 1 rings (SSSR count). The number of carboxylic acid groups (broad SMARTS) is 1. The molecule has 0 bridgehead atoms. The second-order valence-corrected chi connectivity index (χ2v) is 7.07. The summed E-state index contributed by atoms with van der Waals surface area (Å²) in [7, 11) is 0. The first-order chi connectivity index (χ1) is 9.89. The quantitative estimate of drug-likeness (QED) is 0.650. The van der Waals surface area contributed by atoms with E-state index in [0.717, 1.165) is 13.1 Å². The van der Waals surface area contributed by atoms with E-state index in [9.17, 15) is 9.90 Å². The van der Waals surface area contributed by atoms with Gasteiger partial charge in [0.2, 0.25) is 0 Å². The number of rotatable bonds is 10. The zero-order chi connectivity index (χ0) is 15.9. The van der Waals surface area contributed by atoms with Crippen LogP contribution < -0.4 is 5.32 Å². The average molecular weight is 298 g/mol. The minimum absolute atomic E-state index is 0.670. The predicted molar refractivity (Wildman–Crippen MR) is 87.6 cm³/mol. The number of carbonyl (C=O) groups is 1. The van der Waals surface area contributed by atoms with Crippen LogP contribution in [0, 0.1) is 5.92 Å². The summed E-state index contributed by atoms with van der Waals surface area (Å²) in [6.07, 6.45) is 7.08. The fourth-order valence-corrected chi connectivity index (χ4v) is 3.20. The van der Waals surface area contributed by atoms with E-state index in [1.165, 1.54) is 32.1 Å². The van der Waals surface area contributed by atoms with Gasteiger partial charge in [0.1, 0.15) is 5.54 Å². The molecule has 0 aliphatic heterocycles. The van der Waals surface area contributed by atoms with Crippen molar-refractivity contribution in [2.24, 2.45) is 5.92 Å². The van der Waals surface area contributed by atoms with Crippen LogP contribution in [0.4, 0.5) is 0 Å².